The van der Waals surface area contributed by atoms with Crippen molar-refractivity contribution in [3.63, 3.8) is 0 Å². The van der Waals surface area contributed by atoms with E-state index in [2.05, 4.69) is 11.8 Å². The van der Waals surface area contributed by atoms with Crippen LogP contribution in [0.1, 0.15) is 51.9 Å². The van der Waals surface area contributed by atoms with Gasteiger partial charge in [-0.15, -0.1) is 0 Å². The van der Waals surface area contributed by atoms with Gasteiger partial charge in [-0.1, -0.05) is 19.8 Å². The zero-order chi connectivity index (χ0) is 12.1. The van der Waals surface area contributed by atoms with Crippen LogP contribution in [0.2, 0.25) is 0 Å². The molecule has 2 N–H and O–H groups in total. The van der Waals surface area contributed by atoms with Crippen LogP contribution in [0.5, 0.6) is 0 Å². The van der Waals surface area contributed by atoms with E-state index < -0.39 is 0 Å². The maximum Gasteiger partial charge on any atom is 0.0484 e. The van der Waals surface area contributed by atoms with E-state index in [4.69, 9.17) is 10.5 Å². The topological polar surface area (TPSA) is 38.5 Å². The van der Waals surface area contributed by atoms with Gasteiger partial charge in [0.05, 0.1) is 0 Å². The van der Waals surface area contributed by atoms with Crippen LogP contribution < -0.4 is 5.73 Å². The maximum atomic E-state index is 6.15. The molecule has 0 spiro atoms. The molecule has 2 rings (SSSR count). The van der Waals surface area contributed by atoms with Gasteiger partial charge in [-0.05, 0) is 38.6 Å². The van der Waals surface area contributed by atoms with Gasteiger partial charge in [0, 0.05) is 31.3 Å². The molecule has 0 aromatic carbocycles. The Kier molecular flexibility index (Phi) is 4.83. The molecule has 1 heterocycles. The number of nitrogens with zero attached hydrogens (tertiary/aromatic N) is 1. The van der Waals surface area contributed by atoms with Crippen LogP contribution >= 0.6 is 0 Å². The van der Waals surface area contributed by atoms with E-state index in [1.807, 2.05) is 0 Å². The van der Waals surface area contributed by atoms with Crippen LogP contribution in [0.4, 0.5) is 0 Å². The van der Waals surface area contributed by atoms with Gasteiger partial charge in [0.25, 0.3) is 0 Å². The fraction of sp³-hybridized carbons (Fsp3) is 1.00. The summed E-state index contributed by atoms with van der Waals surface area (Å²) in [5, 5.41) is 0. The summed E-state index contributed by atoms with van der Waals surface area (Å²) in [6.07, 6.45) is 9.05. The predicted octanol–water partition coefficient (Wildman–Crippen LogP) is 2.15. The second-order valence-electron chi connectivity index (χ2n) is 5.62. The van der Waals surface area contributed by atoms with Gasteiger partial charge in [-0.25, -0.2) is 0 Å². The van der Waals surface area contributed by atoms with Gasteiger partial charge in [-0.3, -0.25) is 4.90 Å². The van der Waals surface area contributed by atoms with Crippen LogP contribution in [-0.4, -0.2) is 42.8 Å². The number of likely N-dealkylation sites (N-methyl/N-ethyl adjacent to an activating group) is 1. The van der Waals surface area contributed by atoms with E-state index in [0.717, 1.165) is 38.8 Å². The van der Waals surface area contributed by atoms with Crippen molar-refractivity contribution in [1.82, 2.24) is 4.90 Å². The minimum Gasteiger partial charge on any atom is -0.381 e. The molecular formula is C14H28N2O. The van der Waals surface area contributed by atoms with Crippen molar-refractivity contribution in [2.45, 2.75) is 63.5 Å². The fourth-order valence-corrected chi connectivity index (χ4v) is 3.80. The van der Waals surface area contributed by atoms with Crippen LogP contribution in [0.25, 0.3) is 0 Å². The molecule has 1 aliphatic carbocycles. The Labute approximate surface area is 106 Å². The molecule has 0 aromatic rings. The minimum atomic E-state index is 0.222. The lowest BCUT2D eigenvalue weighted by Gasteiger charge is -2.46. The number of rotatable bonds is 4. The zero-order valence-corrected chi connectivity index (χ0v) is 11.3. The number of ether oxygens (including phenoxy) is 1. The first-order valence-corrected chi connectivity index (χ1v) is 7.37. The van der Waals surface area contributed by atoms with Crippen molar-refractivity contribution in [2.75, 3.05) is 26.3 Å². The van der Waals surface area contributed by atoms with Gasteiger partial charge in [-0.2, -0.15) is 0 Å². The molecule has 2 aliphatic rings. The molecule has 0 amide bonds. The van der Waals surface area contributed by atoms with E-state index in [0.29, 0.717) is 0 Å². The third-order valence-electron chi connectivity index (χ3n) is 4.74. The number of hydrogen-bond donors (Lipinski definition) is 1. The van der Waals surface area contributed by atoms with Crippen molar-refractivity contribution in [3.05, 3.63) is 0 Å². The maximum absolute atomic E-state index is 6.15. The average Bonchev–Trinajstić information content (AvgIpc) is 2.76. The van der Waals surface area contributed by atoms with E-state index in [9.17, 15) is 0 Å². The summed E-state index contributed by atoms with van der Waals surface area (Å²) in [4.78, 5) is 2.72. The third-order valence-corrected chi connectivity index (χ3v) is 4.74. The molecule has 1 unspecified atom stereocenters. The second-order valence-corrected chi connectivity index (χ2v) is 5.62. The monoisotopic (exact) mass is 240 g/mol. The molecule has 2 fully saturated rings. The molecule has 0 bridgehead atoms. The summed E-state index contributed by atoms with van der Waals surface area (Å²) >= 11 is 0. The van der Waals surface area contributed by atoms with Gasteiger partial charge >= 0.3 is 0 Å². The number of nitrogens with two attached hydrogens (primary N) is 1. The molecule has 1 aliphatic heterocycles. The zero-order valence-electron chi connectivity index (χ0n) is 11.3. The third kappa shape index (κ3) is 2.83. The van der Waals surface area contributed by atoms with E-state index in [1.54, 1.807) is 0 Å². The first-order valence-electron chi connectivity index (χ1n) is 7.37. The summed E-state index contributed by atoms with van der Waals surface area (Å²) < 4.78 is 5.63. The fourth-order valence-electron chi connectivity index (χ4n) is 3.80. The van der Waals surface area contributed by atoms with Crippen LogP contribution in [0.3, 0.4) is 0 Å². The summed E-state index contributed by atoms with van der Waals surface area (Å²) in [5.41, 5.74) is 6.38. The van der Waals surface area contributed by atoms with E-state index in [-0.39, 0.29) is 5.54 Å². The summed E-state index contributed by atoms with van der Waals surface area (Å²) in [5.74, 6) is 0. The smallest absolute Gasteiger partial charge is 0.0484 e. The van der Waals surface area contributed by atoms with E-state index >= 15 is 0 Å². The van der Waals surface area contributed by atoms with Gasteiger partial charge in [0.15, 0.2) is 0 Å². The Morgan fingerprint density at radius 1 is 1.18 bits per heavy atom. The Bertz CT molecular complexity index is 218. The molecule has 1 saturated heterocycles. The molecule has 0 radical (unpaired) electrons. The predicted molar refractivity (Wildman–Crippen MR) is 71.1 cm³/mol. The van der Waals surface area contributed by atoms with Gasteiger partial charge in [0.1, 0.15) is 0 Å². The molecule has 17 heavy (non-hydrogen) atoms. The summed E-state index contributed by atoms with van der Waals surface area (Å²) in [6, 6.07) is 0.779. The Hall–Kier alpha value is -0.120. The lowest BCUT2D eigenvalue weighted by molar-refractivity contribution is 0.0357. The molecule has 1 saturated carbocycles. The lowest BCUT2D eigenvalue weighted by Crippen LogP contribution is -2.57. The van der Waals surface area contributed by atoms with Crippen LogP contribution in [0.15, 0.2) is 0 Å². The Balaban J connectivity index is 2.11. The van der Waals surface area contributed by atoms with Crippen molar-refractivity contribution in [1.29, 1.82) is 0 Å². The highest BCUT2D eigenvalue weighted by molar-refractivity contribution is 4.96. The van der Waals surface area contributed by atoms with Crippen LogP contribution in [0, 0.1) is 0 Å². The standard InChI is InChI=1S/C14H28N2O/c1-2-16(13-6-3-4-7-13)14(12-15)8-5-10-17-11-9-14/h13H,2-12,15H2,1H3. The normalized spacial score (nSPS) is 31.9. The van der Waals surface area contributed by atoms with Crippen molar-refractivity contribution < 1.29 is 4.74 Å². The molecule has 3 nitrogen and oxygen atoms in total. The highest BCUT2D eigenvalue weighted by Crippen LogP contribution is 2.34. The van der Waals surface area contributed by atoms with Crippen molar-refractivity contribution >= 4 is 0 Å². The molecule has 0 aromatic heterocycles. The van der Waals surface area contributed by atoms with Crippen molar-refractivity contribution in [2.24, 2.45) is 5.73 Å². The molecular weight excluding hydrogens is 212 g/mol. The van der Waals surface area contributed by atoms with Gasteiger partial charge < -0.3 is 10.5 Å². The molecule has 3 heteroatoms. The van der Waals surface area contributed by atoms with Gasteiger partial charge in [0.2, 0.25) is 0 Å². The SMILES string of the molecule is CCN(C1CCCC1)C1(CN)CCCOCC1. The average molecular weight is 240 g/mol. The highest BCUT2D eigenvalue weighted by atomic mass is 16.5. The first-order chi connectivity index (χ1) is 8.32. The lowest BCUT2D eigenvalue weighted by atomic mass is 9.86. The van der Waals surface area contributed by atoms with E-state index in [1.165, 1.54) is 38.5 Å². The summed E-state index contributed by atoms with van der Waals surface area (Å²) in [7, 11) is 0. The quantitative estimate of drug-likeness (QED) is 0.818. The highest BCUT2D eigenvalue weighted by Gasteiger charge is 2.39. The minimum absolute atomic E-state index is 0.222. The Morgan fingerprint density at radius 2 is 1.94 bits per heavy atom. The molecule has 100 valence electrons. The second kappa shape index (κ2) is 6.17. The Morgan fingerprint density at radius 3 is 2.59 bits per heavy atom. The molecule has 1 atom stereocenters. The largest absolute Gasteiger partial charge is 0.381 e. The van der Waals surface area contributed by atoms with Crippen molar-refractivity contribution in [3.8, 4) is 0 Å². The summed E-state index contributed by atoms with van der Waals surface area (Å²) in [6.45, 7) is 6.04. The number of hydrogen-bond acceptors (Lipinski definition) is 3. The van der Waals surface area contributed by atoms with Crippen LogP contribution in [-0.2, 0) is 4.74 Å². The first kappa shape index (κ1) is 13.3.